The number of carbonyl (C=O) groups is 2. The fourth-order valence-corrected chi connectivity index (χ4v) is 3.80. The molecule has 0 spiro atoms. The average molecular weight is 527 g/mol. The van der Waals surface area contributed by atoms with Crippen molar-refractivity contribution >= 4 is 35.1 Å². The Hall–Kier alpha value is -4.99. The predicted molar refractivity (Wildman–Crippen MR) is 150 cm³/mol. The summed E-state index contributed by atoms with van der Waals surface area (Å²) < 4.78 is 5.31. The number of hydrogen-bond acceptors (Lipinski definition) is 9. The lowest BCUT2D eigenvalue weighted by atomic mass is 9.86. The van der Waals surface area contributed by atoms with Gasteiger partial charge in [-0.15, -0.1) is 0 Å². The number of hydrogen-bond donors (Lipinski definition) is 4. The lowest BCUT2D eigenvalue weighted by molar-refractivity contribution is -0.142. The van der Waals surface area contributed by atoms with E-state index in [1.807, 2.05) is 12.1 Å². The molecule has 1 amide bonds. The number of nitrogens with one attached hydrogen (secondary N) is 2. The van der Waals surface area contributed by atoms with Crippen molar-refractivity contribution in [3.8, 4) is 17.1 Å². The molecule has 0 aliphatic heterocycles. The number of nitrogen functional groups attached to an aromatic ring is 1. The summed E-state index contributed by atoms with van der Waals surface area (Å²) in [6, 6.07) is 19.0. The summed E-state index contributed by atoms with van der Waals surface area (Å²) in [5, 5.41) is 15.5. The fourth-order valence-electron chi connectivity index (χ4n) is 3.80. The Balaban J connectivity index is 1.68. The Bertz CT molecular complexity index is 1500. The summed E-state index contributed by atoms with van der Waals surface area (Å²) in [7, 11) is 0. The Morgan fingerprint density at radius 3 is 2.28 bits per heavy atom. The van der Waals surface area contributed by atoms with Crippen LogP contribution in [0.15, 0.2) is 66.7 Å². The van der Waals surface area contributed by atoms with E-state index >= 15 is 0 Å². The number of phenols is 1. The van der Waals surface area contributed by atoms with Crippen LogP contribution >= 0.6 is 0 Å². The maximum atomic E-state index is 13.1. The number of nitrogens with zero attached hydrogens (tertiary/aromatic N) is 3. The van der Waals surface area contributed by atoms with Gasteiger partial charge in [0.1, 0.15) is 12.4 Å². The number of rotatable bonds is 7. The van der Waals surface area contributed by atoms with Gasteiger partial charge < -0.3 is 26.2 Å². The van der Waals surface area contributed by atoms with Gasteiger partial charge in [0.05, 0.1) is 0 Å². The molecule has 1 heterocycles. The van der Waals surface area contributed by atoms with Crippen molar-refractivity contribution in [3.63, 3.8) is 0 Å². The van der Waals surface area contributed by atoms with Crippen molar-refractivity contribution in [2.24, 2.45) is 0 Å². The van der Waals surface area contributed by atoms with Gasteiger partial charge in [0.15, 0.2) is 5.82 Å². The molecule has 0 radical (unpaired) electrons. The molecule has 0 aliphatic rings. The van der Waals surface area contributed by atoms with Crippen molar-refractivity contribution < 1.29 is 19.4 Å². The molecule has 200 valence electrons. The first kappa shape index (κ1) is 27.1. The number of anilines is 4. The molecule has 5 N–H and O–H groups in total. The summed E-state index contributed by atoms with van der Waals surface area (Å²) in [5.74, 6) is -0.318. The van der Waals surface area contributed by atoms with E-state index in [0.717, 1.165) is 5.56 Å². The van der Waals surface area contributed by atoms with Crippen LogP contribution in [-0.2, 0) is 21.6 Å². The van der Waals surface area contributed by atoms with Gasteiger partial charge in [0.25, 0.3) is 5.91 Å². The van der Waals surface area contributed by atoms with Crippen molar-refractivity contribution in [1.29, 1.82) is 0 Å². The molecule has 0 saturated heterocycles. The Kier molecular flexibility index (Phi) is 7.75. The van der Waals surface area contributed by atoms with Crippen molar-refractivity contribution in [3.05, 3.63) is 83.4 Å². The molecular formula is C29H30N6O4. The van der Waals surface area contributed by atoms with E-state index < -0.39 is 5.97 Å². The highest BCUT2D eigenvalue weighted by Gasteiger charge is 2.19. The lowest BCUT2D eigenvalue weighted by Gasteiger charge is -2.19. The number of amides is 1. The highest BCUT2D eigenvalue weighted by Crippen LogP contribution is 2.30. The van der Waals surface area contributed by atoms with Crippen LogP contribution in [0, 0.1) is 0 Å². The molecule has 1 aromatic heterocycles. The number of benzene rings is 3. The number of carbonyl (C=O) groups excluding carboxylic acids is 2. The monoisotopic (exact) mass is 526 g/mol. The van der Waals surface area contributed by atoms with Crippen LogP contribution in [0.3, 0.4) is 0 Å². The maximum Gasteiger partial charge on any atom is 0.302 e. The van der Waals surface area contributed by atoms with Crippen LogP contribution in [0.5, 0.6) is 5.75 Å². The molecule has 0 bridgehead atoms. The lowest BCUT2D eigenvalue weighted by Crippen LogP contribution is -2.16. The second-order valence-electron chi connectivity index (χ2n) is 9.91. The Morgan fingerprint density at radius 2 is 1.64 bits per heavy atom. The quantitative estimate of drug-likeness (QED) is 0.188. The molecule has 0 unspecified atom stereocenters. The molecule has 4 aromatic rings. The van der Waals surface area contributed by atoms with Crippen LogP contribution in [-0.4, -0.2) is 31.9 Å². The zero-order valence-corrected chi connectivity index (χ0v) is 22.1. The molecular weight excluding hydrogens is 496 g/mol. The standard InChI is InChI=1S/C29H30N6O4/c1-17(36)39-16-23-22(25-33-27(30)35-28(34-25)31-20-12-14-21(37)15-13-20)6-5-7-24(23)32-26(38)18-8-10-19(11-9-18)29(2,3)4/h5-15,37H,16H2,1-4H3,(H,32,38)(H3,30,31,33,34,35). The summed E-state index contributed by atoms with van der Waals surface area (Å²) >= 11 is 0. The first-order valence-corrected chi connectivity index (χ1v) is 12.2. The van der Waals surface area contributed by atoms with Gasteiger partial charge in [-0.2, -0.15) is 15.0 Å². The number of phenolic OH excluding ortho intramolecular Hbond substituents is 1. The molecule has 39 heavy (non-hydrogen) atoms. The average Bonchev–Trinajstić information content (AvgIpc) is 2.88. The molecule has 0 aliphatic carbocycles. The van der Waals surface area contributed by atoms with Gasteiger partial charge in [-0.05, 0) is 53.4 Å². The second-order valence-corrected chi connectivity index (χ2v) is 9.91. The summed E-state index contributed by atoms with van der Waals surface area (Å²) in [6.07, 6.45) is 0. The third-order valence-corrected chi connectivity index (χ3v) is 5.87. The normalized spacial score (nSPS) is 11.1. The Morgan fingerprint density at radius 1 is 0.949 bits per heavy atom. The Labute approximate surface area is 226 Å². The van der Waals surface area contributed by atoms with E-state index in [4.69, 9.17) is 10.5 Å². The van der Waals surface area contributed by atoms with E-state index in [0.29, 0.717) is 28.1 Å². The van der Waals surface area contributed by atoms with Gasteiger partial charge in [0.2, 0.25) is 11.9 Å². The largest absolute Gasteiger partial charge is 0.508 e. The third kappa shape index (κ3) is 6.86. The molecule has 10 heteroatoms. The summed E-state index contributed by atoms with van der Waals surface area (Å²) in [5.41, 5.74) is 9.60. The number of nitrogens with two attached hydrogens (primary N) is 1. The van der Waals surface area contributed by atoms with Gasteiger partial charge in [-0.3, -0.25) is 9.59 Å². The minimum absolute atomic E-state index is 0.0342. The maximum absolute atomic E-state index is 13.1. The van der Waals surface area contributed by atoms with E-state index in [-0.39, 0.29) is 41.4 Å². The van der Waals surface area contributed by atoms with Crippen LogP contribution in [0.25, 0.3) is 11.4 Å². The SMILES string of the molecule is CC(=O)OCc1c(NC(=O)c2ccc(C(C)(C)C)cc2)cccc1-c1nc(N)nc(Nc2ccc(O)cc2)n1. The predicted octanol–water partition coefficient (Wildman–Crippen LogP) is 5.18. The molecule has 0 atom stereocenters. The topological polar surface area (TPSA) is 152 Å². The number of esters is 1. The van der Waals surface area contributed by atoms with Crippen LogP contribution < -0.4 is 16.4 Å². The van der Waals surface area contributed by atoms with Crippen LogP contribution in [0.4, 0.5) is 23.3 Å². The molecule has 0 saturated carbocycles. The number of ether oxygens (including phenoxy) is 1. The van der Waals surface area contributed by atoms with Crippen molar-refractivity contribution in [2.75, 3.05) is 16.4 Å². The second kappa shape index (κ2) is 11.2. The third-order valence-electron chi connectivity index (χ3n) is 5.87. The fraction of sp³-hybridized carbons (Fsp3) is 0.207. The number of aromatic nitrogens is 3. The molecule has 0 fully saturated rings. The first-order valence-electron chi connectivity index (χ1n) is 12.2. The highest BCUT2D eigenvalue weighted by molar-refractivity contribution is 6.05. The zero-order valence-electron chi connectivity index (χ0n) is 22.1. The number of aromatic hydroxyl groups is 1. The van der Waals surface area contributed by atoms with Gasteiger partial charge in [-0.25, -0.2) is 0 Å². The minimum atomic E-state index is -0.482. The van der Waals surface area contributed by atoms with Crippen LogP contribution in [0.1, 0.15) is 49.2 Å². The molecule has 10 nitrogen and oxygen atoms in total. The summed E-state index contributed by atoms with van der Waals surface area (Å²) in [6.45, 7) is 7.49. The first-order chi connectivity index (χ1) is 18.5. The van der Waals surface area contributed by atoms with Gasteiger partial charge in [-0.1, -0.05) is 45.0 Å². The van der Waals surface area contributed by atoms with E-state index in [2.05, 4.69) is 46.4 Å². The van der Waals surface area contributed by atoms with E-state index in [1.165, 1.54) is 19.1 Å². The minimum Gasteiger partial charge on any atom is -0.508 e. The van der Waals surface area contributed by atoms with E-state index in [9.17, 15) is 14.7 Å². The summed E-state index contributed by atoms with van der Waals surface area (Å²) in [4.78, 5) is 37.7. The van der Waals surface area contributed by atoms with Gasteiger partial charge >= 0.3 is 5.97 Å². The smallest absolute Gasteiger partial charge is 0.302 e. The van der Waals surface area contributed by atoms with E-state index in [1.54, 1.807) is 42.5 Å². The van der Waals surface area contributed by atoms with Gasteiger partial charge in [0, 0.05) is 35.0 Å². The zero-order chi connectivity index (χ0) is 28.2. The molecule has 3 aromatic carbocycles. The van der Waals surface area contributed by atoms with Crippen molar-refractivity contribution in [1.82, 2.24) is 15.0 Å². The van der Waals surface area contributed by atoms with Crippen molar-refractivity contribution in [2.45, 2.75) is 39.7 Å². The highest BCUT2D eigenvalue weighted by atomic mass is 16.5. The van der Waals surface area contributed by atoms with Crippen LogP contribution in [0.2, 0.25) is 0 Å². The molecule has 4 rings (SSSR count).